The SMILES string of the molecule is O=C(Nc1ccc(NC(=O)C(F)(F)C(F)(F)F)cc1)C(F)(F)C(F)(F)F. The summed E-state index contributed by atoms with van der Waals surface area (Å²) in [5.41, 5.74) is -1.33. The number of rotatable bonds is 4. The van der Waals surface area contributed by atoms with Crippen LogP contribution in [-0.2, 0) is 9.59 Å². The quantitative estimate of drug-likeness (QED) is 0.752. The van der Waals surface area contributed by atoms with E-state index in [1.807, 2.05) is 0 Å². The van der Waals surface area contributed by atoms with E-state index in [1.165, 1.54) is 10.6 Å². The Morgan fingerprint density at radius 1 is 0.577 bits per heavy atom. The highest BCUT2D eigenvalue weighted by Gasteiger charge is 2.64. The van der Waals surface area contributed by atoms with E-state index in [4.69, 9.17) is 0 Å². The molecule has 0 aliphatic heterocycles. The van der Waals surface area contributed by atoms with E-state index in [2.05, 4.69) is 0 Å². The van der Waals surface area contributed by atoms with Gasteiger partial charge in [0.15, 0.2) is 0 Å². The first-order valence-electron chi connectivity index (χ1n) is 6.12. The molecule has 0 spiro atoms. The molecule has 0 atom stereocenters. The summed E-state index contributed by atoms with van der Waals surface area (Å²) in [6.07, 6.45) is -12.3. The summed E-state index contributed by atoms with van der Waals surface area (Å²) in [7, 11) is 0. The molecule has 0 saturated heterocycles. The highest BCUT2D eigenvalue weighted by Crippen LogP contribution is 2.37. The van der Waals surface area contributed by atoms with Gasteiger partial charge in [-0.2, -0.15) is 43.9 Å². The van der Waals surface area contributed by atoms with Crippen LogP contribution in [0.5, 0.6) is 0 Å². The van der Waals surface area contributed by atoms with Crippen LogP contribution in [0.2, 0.25) is 0 Å². The Hall–Kier alpha value is -2.54. The molecular formula is C12H6F10N2O2. The second kappa shape index (κ2) is 6.64. The van der Waals surface area contributed by atoms with Gasteiger partial charge in [-0.3, -0.25) is 9.59 Å². The zero-order valence-corrected chi connectivity index (χ0v) is 11.9. The number of hydrogen-bond acceptors (Lipinski definition) is 2. The molecule has 0 aliphatic rings. The molecule has 0 fully saturated rings. The molecule has 0 aliphatic carbocycles. The molecule has 0 bridgehead atoms. The van der Waals surface area contributed by atoms with Crippen LogP contribution in [0.1, 0.15) is 0 Å². The average molecular weight is 400 g/mol. The van der Waals surface area contributed by atoms with Gasteiger partial charge in [0, 0.05) is 11.4 Å². The first-order valence-corrected chi connectivity index (χ1v) is 6.12. The Kier molecular flexibility index (Phi) is 5.49. The number of carbonyl (C=O) groups is 2. The summed E-state index contributed by atoms with van der Waals surface area (Å²) in [6, 6.07) is 2.36. The van der Waals surface area contributed by atoms with Crippen molar-refractivity contribution in [3.05, 3.63) is 24.3 Å². The molecule has 0 aromatic heterocycles. The van der Waals surface area contributed by atoms with Crippen molar-refractivity contribution >= 4 is 23.2 Å². The molecule has 1 aromatic rings. The van der Waals surface area contributed by atoms with Crippen LogP contribution in [0.15, 0.2) is 24.3 Å². The number of amides is 2. The number of carbonyl (C=O) groups excluding carboxylic acids is 2. The lowest BCUT2D eigenvalue weighted by molar-refractivity contribution is -0.267. The largest absolute Gasteiger partial charge is 0.463 e. The summed E-state index contributed by atoms with van der Waals surface area (Å²) in [5, 5.41) is 2.35. The van der Waals surface area contributed by atoms with Crippen LogP contribution in [-0.4, -0.2) is 36.0 Å². The highest BCUT2D eigenvalue weighted by molar-refractivity contribution is 5.98. The fourth-order valence-electron chi connectivity index (χ4n) is 1.31. The van der Waals surface area contributed by atoms with Crippen LogP contribution in [0, 0.1) is 0 Å². The molecule has 1 aromatic carbocycles. The Bertz CT molecular complexity index is 620. The van der Waals surface area contributed by atoms with Crippen molar-refractivity contribution in [1.29, 1.82) is 0 Å². The van der Waals surface area contributed by atoms with Crippen LogP contribution in [0.4, 0.5) is 55.3 Å². The van der Waals surface area contributed by atoms with E-state index in [1.54, 1.807) is 0 Å². The van der Waals surface area contributed by atoms with Gasteiger partial charge in [0.2, 0.25) is 0 Å². The van der Waals surface area contributed by atoms with E-state index in [-0.39, 0.29) is 0 Å². The second-order valence-electron chi connectivity index (χ2n) is 4.63. The lowest BCUT2D eigenvalue weighted by Crippen LogP contribution is -2.47. The number of hydrogen-bond donors (Lipinski definition) is 2. The highest BCUT2D eigenvalue weighted by atomic mass is 19.4. The lowest BCUT2D eigenvalue weighted by Gasteiger charge is -2.19. The van der Waals surface area contributed by atoms with Gasteiger partial charge in [0.05, 0.1) is 0 Å². The maximum absolute atomic E-state index is 12.7. The van der Waals surface area contributed by atoms with Crippen molar-refractivity contribution in [2.45, 2.75) is 24.2 Å². The molecule has 1 rings (SSSR count). The lowest BCUT2D eigenvalue weighted by atomic mass is 10.2. The van der Waals surface area contributed by atoms with Crippen molar-refractivity contribution in [2.24, 2.45) is 0 Å². The fraction of sp³-hybridized carbons (Fsp3) is 0.333. The topological polar surface area (TPSA) is 58.2 Å². The Morgan fingerprint density at radius 2 is 0.808 bits per heavy atom. The van der Waals surface area contributed by atoms with Gasteiger partial charge in [-0.1, -0.05) is 0 Å². The van der Waals surface area contributed by atoms with Crippen molar-refractivity contribution in [1.82, 2.24) is 0 Å². The molecule has 146 valence electrons. The number of anilines is 2. The van der Waals surface area contributed by atoms with Crippen LogP contribution in [0.3, 0.4) is 0 Å². The van der Waals surface area contributed by atoms with E-state index < -0.39 is 47.4 Å². The molecule has 14 heteroatoms. The summed E-state index contributed by atoms with van der Waals surface area (Å²) in [6.45, 7) is 0. The molecule has 2 amide bonds. The van der Waals surface area contributed by atoms with Gasteiger partial charge in [-0.15, -0.1) is 0 Å². The molecule has 26 heavy (non-hydrogen) atoms. The predicted octanol–water partition coefficient (Wildman–Crippen LogP) is 3.96. The monoisotopic (exact) mass is 400 g/mol. The second-order valence-corrected chi connectivity index (χ2v) is 4.63. The van der Waals surface area contributed by atoms with E-state index >= 15 is 0 Å². The minimum atomic E-state index is -6.17. The summed E-state index contributed by atoms with van der Waals surface area (Å²) in [4.78, 5) is 21.8. The van der Waals surface area contributed by atoms with Gasteiger partial charge < -0.3 is 10.6 Å². The predicted molar refractivity (Wildman–Crippen MR) is 65.7 cm³/mol. The standard InChI is InChI=1S/C12H6F10N2O2/c13-9(14,11(17,18)19)7(25)23-5-1-2-6(4-3-5)24-8(26)10(15,16)12(20,21)22/h1-4H,(H,23,25)(H,24,26). The number of benzene rings is 1. The maximum Gasteiger partial charge on any atom is 0.463 e. The number of halogens is 10. The molecule has 2 N–H and O–H groups in total. The Labute approximate surface area is 137 Å². The van der Waals surface area contributed by atoms with Gasteiger partial charge in [-0.05, 0) is 24.3 Å². The third-order valence-electron chi connectivity index (χ3n) is 2.68. The first kappa shape index (κ1) is 21.5. The van der Waals surface area contributed by atoms with E-state index in [0.717, 1.165) is 0 Å². The summed E-state index contributed by atoms with van der Waals surface area (Å²) >= 11 is 0. The van der Waals surface area contributed by atoms with Gasteiger partial charge in [-0.25, -0.2) is 0 Å². The number of alkyl halides is 10. The molecular weight excluding hydrogens is 394 g/mol. The van der Waals surface area contributed by atoms with Crippen molar-refractivity contribution in [2.75, 3.05) is 10.6 Å². The van der Waals surface area contributed by atoms with Crippen molar-refractivity contribution < 1.29 is 53.5 Å². The zero-order valence-electron chi connectivity index (χ0n) is 11.9. The van der Waals surface area contributed by atoms with Crippen molar-refractivity contribution in [3.8, 4) is 0 Å². The van der Waals surface area contributed by atoms with Crippen LogP contribution >= 0.6 is 0 Å². The summed E-state index contributed by atoms with van der Waals surface area (Å²) < 4.78 is 123. The third kappa shape index (κ3) is 4.35. The van der Waals surface area contributed by atoms with Gasteiger partial charge in [0.25, 0.3) is 0 Å². The molecule has 0 unspecified atom stereocenters. The van der Waals surface area contributed by atoms with Crippen LogP contribution in [0.25, 0.3) is 0 Å². The Morgan fingerprint density at radius 3 is 1.00 bits per heavy atom. The maximum atomic E-state index is 12.7. The van der Waals surface area contributed by atoms with E-state index in [9.17, 15) is 53.5 Å². The molecule has 0 radical (unpaired) electrons. The smallest absolute Gasteiger partial charge is 0.321 e. The van der Waals surface area contributed by atoms with Gasteiger partial charge >= 0.3 is 36.0 Å². The van der Waals surface area contributed by atoms with E-state index in [0.29, 0.717) is 24.3 Å². The normalized spacial score (nSPS) is 13.3. The van der Waals surface area contributed by atoms with Crippen molar-refractivity contribution in [3.63, 3.8) is 0 Å². The number of nitrogens with one attached hydrogen (secondary N) is 2. The Balaban J connectivity index is 2.85. The fourth-order valence-corrected chi connectivity index (χ4v) is 1.31. The minimum Gasteiger partial charge on any atom is -0.321 e. The average Bonchev–Trinajstić information content (AvgIpc) is 2.46. The zero-order chi connectivity index (χ0) is 20.6. The minimum absolute atomic E-state index is 0.589. The van der Waals surface area contributed by atoms with Crippen LogP contribution < -0.4 is 10.6 Å². The molecule has 4 nitrogen and oxygen atoms in total. The molecule has 0 heterocycles. The first-order chi connectivity index (χ1) is 11.5. The third-order valence-corrected chi connectivity index (χ3v) is 2.68. The van der Waals surface area contributed by atoms with Gasteiger partial charge in [0.1, 0.15) is 0 Å². The summed E-state index contributed by atoms with van der Waals surface area (Å²) in [5.74, 6) is -16.9. The molecule has 0 saturated carbocycles.